The van der Waals surface area contributed by atoms with E-state index in [0.29, 0.717) is 6.04 Å². The second-order valence-corrected chi connectivity index (χ2v) is 7.50. The Balaban J connectivity index is 0.00000196. The molecule has 5 heteroatoms. The van der Waals surface area contributed by atoms with E-state index >= 15 is 0 Å². The normalized spacial score (nSPS) is 17.4. The topological polar surface area (TPSA) is 41.1 Å². The lowest BCUT2D eigenvalue weighted by Gasteiger charge is -2.31. The van der Waals surface area contributed by atoms with Gasteiger partial charge < -0.3 is 10.2 Å². The van der Waals surface area contributed by atoms with E-state index in [4.69, 9.17) is 9.97 Å². The molecule has 0 unspecified atom stereocenters. The number of halogens is 1. The van der Waals surface area contributed by atoms with Crippen molar-refractivity contribution < 1.29 is 0 Å². The van der Waals surface area contributed by atoms with Crippen molar-refractivity contribution in [3.05, 3.63) is 46.6 Å². The fourth-order valence-corrected chi connectivity index (χ4v) is 4.09. The van der Waals surface area contributed by atoms with Gasteiger partial charge >= 0.3 is 0 Å². The van der Waals surface area contributed by atoms with Crippen LogP contribution >= 0.6 is 12.4 Å². The molecule has 1 aromatic heterocycles. The number of hydrogen-bond donors (Lipinski definition) is 1. The second-order valence-electron chi connectivity index (χ2n) is 7.50. The fraction of sp³-hybridized carbons (Fsp3) is 0.524. The first-order valence-electron chi connectivity index (χ1n) is 9.64. The summed E-state index contributed by atoms with van der Waals surface area (Å²) in [6, 6.07) is 9.30. The van der Waals surface area contributed by atoms with Crippen LogP contribution in [0.2, 0.25) is 0 Å². The summed E-state index contributed by atoms with van der Waals surface area (Å²) in [5.74, 6) is 1.91. The summed E-state index contributed by atoms with van der Waals surface area (Å²) in [4.78, 5) is 12.1. The molecule has 0 radical (unpaired) electrons. The van der Waals surface area contributed by atoms with Crippen molar-refractivity contribution in [1.29, 1.82) is 0 Å². The number of nitrogens with one attached hydrogen (secondary N) is 1. The largest absolute Gasteiger partial charge is 0.352 e. The predicted octanol–water partition coefficient (Wildman–Crippen LogP) is 4.82. The third-order valence-electron chi connectivity index (χ3n) is 5.73. The van der Waals surface area contributed by atoms with E-state index in [1.54, 1.807) is 0 Å². The Morgan fingerprint density at radius 3 is 2.50 bits per heavy atom. The predicted molar refractivity (Wildman–Crippen MR) is 110 cm³/mol. The Bertz CT molecular complexity index is 756. The molecule has 1 aromatic carbocycles. The standard InChI is InChI=1S/C21H28N4.ClH/c1-15-16(2)22-21(23-19-10-4-3-5-11-19)24-20(15)25-13-12-17-8-6-7-9-18(17)14-25;/h6-9,19H,3-5,10-14H2,1-2H3,(H,22,23,24);1H. The number of benzene rings is 1. The minimum Gasteiger partial charge on any atom is -0.352 e. The van der Waals surface area contributed by atoms with Gasteiger partial charge in [-0.2, -0.15) is 4.98 Å². The van der Waals surface area contributed by atoms with Crippen LogP contribution in [0.5, 0.6) is 0 Å². The zero-order chi connectivity index (χ0) is 17.2. The first kappa shape index (κ1) is 19.0. The smallest absolute Gasteiger partial charge is 0.225 e. The van der Waals surface area contributed by atoms with E-state index in [0.717, 1.165) is 37.0 Å². The quantitative estimate of drug-likeness (QED) is 0.838. The van der Waals surface area contributed by atoms with Crippen molar-refractivity contribution in [2.24, 2.45) is 0 Å². The highest BCUT2D eigenvalue weighted by atomic mass is 35.5. The monoisotopic (exact) mass is 372 g/mol. The van der Waals surface area contributed by atoms with Crippen molar-refractivity contribution in [2.45, 2.75) is 65.0 Å². The van der Waals surface area contributed by atoms with Gasteiger partial charge in [0, 0.05) is 30.4 Å². The lowest BCUT2D eigenvalue weighted by atomic mass is 9.96. The Morgan fingerprint density at radius 1 is 1.00 bits per heavy atom. The first-order chi connectivity index (χ1) is 12.2. The summed E-state index contributed by atoms with van der Waals surface area (Å²) in [5, 5.41) is 3.60. The average Bonchev–Trinajstić information content (AvgIpc) is 2.65. The molecule has 0 spiro atoms. The van der Waals surface area contributed by atoms with Crippen molar-refractivity contribution in [3.63, 3.8) is 0 Å². The Morgan fingerprint density at radius 2 is 1.73 bits per heavy atom. The zero-order valence-electron chi connectivity index (χ0n) is 15.8. The van der Waals surface area contributed by atoms with Crippen LogP contribution in [0.1, 0.15) is 54.5 Å². The molecular weight excluding hydrogens is 344 g/mol. The maximum Gasteiger partial charge on any atom is 0.225 e. The van der Waals surface area contributed by atoms with Crippen LogP contribution in [0, 0.1) is 13.8 Å². The van der Waals surface area contributed by atoms with Gasteiger partial charge in [-0.3, -0.25) is 0 Å². The number of anilines is 2. The van der Waals surface area contributed by atoms with Gasteiger partial charge in [-0.05, 0) is 44.2 Å². The van der Waals surface area contributed by atoms with E-state index in [1.807, 2.05) is 0 Å². The lowest BCUT2D eigenvalue weighted by molar-refractivity contribution is 0.460. The number of fused-ring (bicyclic) bond motifs is 1. The van der Waals surface area contributed by atoms with Crippen molar-refractivity contribution >= 4 is 24.2 Å². The van der Waals surface area contributed by atoms with Crippen LogP contribution < -0.4 is 10.2 Å². The van der Waals surface area contributed by atoms with Crippen LogP contribution in [0.4, 0.5) is 11.8 Å². The molecular formula is C21H29ClN4. The molecule has 140 valence electrons. The van der Waals surface area contributed by atoms with Gasteiger partial charge in [0.2, 0.25) is 5.95 Å². The molecule has 0 atom stereocenters. The highest BCUT2D eigenvalue weighted by molar-refractivity contribution is 5.85. The minimum absolute atomic E-state index is 0. The molecule has 1 N–H and O–H groups in total. The zero-order valence-corrected chi connectivity index (χ0v) is 16.6. The van der Waals surface area contributed by atoms with Crippen molar-refractivity contribution in [1.82, 2.24) is 9.97 Å². The van der Waals surface area contributed by atoms with Crippen LogP contribution in [0.3, 0.4) is 0 Å². The molecule has 4 nitrogen and oxygen atoms in total. The Kier molecular flexibility index (Phi) is 6.02. The number of nitrogens with zero attached hydrogens (tertiary/aromatic N) is 3. The Hall–Kier alpha value is -1.81. The summed E-state index contributed by atoms with van der Waals surface area (Å²) < 4.78 is 0. The van der Waals surface area contributed by atoms with Gasteiger partial charge in [-0.25, -0.2) is 4.98 Å². The van der Waals surface area contributed by atoms with Gasteiger partial charge in [0.15, 0.2) is 0 Å². The molecule has 0 saturated heterocycles. The first-order valence-corrected chi connectivity index (χ1v) is 9.64. The van der Waals surface area contributed by atoms with Gasteiger partial charge in [-0.15, -0.1) is 12.4 Å². The van der Waals surface area contributed by atoms with E-state index in [1.165, 1.54) is 48.8 Å². The fourth-order valence-electron chi connectivity index (χ4n) is 4.09. The SMILES string of the molecule is Cc1nc(NC2CCCCC2)nc(N2CCc3ccccc3C2)c1C.Cl. The highest BCUT2D eigenvalue weighted by Gasteiger charge is 2.21. The molecule has 0 bridgehead atoms. The molecule has 2 aromatic rings. The van der Waals surface area contributed by atoms with Gasteiger partial charge in [0.05, 0.1) is 0 Å². The number of aromatic nitrogens is 2. The highest BCUT2D eigenvalue weighted by Crippen LogP contribution is 2.28. The van der Waals surface area contributed by atoms with Crippen LogP contribution in [0.25, 0.3) is 0 Å². The average molecular weight is 373 g/mol. The maximum absolute atomic E-state index is 4.93. The summed E-state index contributed by atoms with van der Waals surface area (Å²) in [5.41, 5.74) is 5.18. The summed E-state index contributed by atoms with van der Waals surface area (Å²) in [7, 11) is 0. The third-order valence-corrected chi connectivity index (χ3v) is 5.73. The molecule has 1 aliphatic carbocycles. The van der Waals surface area contributed by atoms with Gasteiger partial charge in [0.25, 0.3) is 0 Å². The number of hydrogen-bond acceptors (Lipinski definition) is 4. The summed E-state index contributed by atoms with van der Waals surface area (Å²) in [6.45, 7) is 6.22. The molecule has 1 saturated carbocycles. The Labute approximate surface area is 162 Å². The molecule has 4 rings (SSSR count). The van der Waals surface area contributed by atoms with E-state index in [9.17, 15) is 0 Å². The van der Waals surface area contributed by atoms with Crippen molar-refractivity contribution in [3.8, 4) is 0 Å². The van der Waals surface area contributed by atoms with E-state index in [-0.39, 0.29) is 12.4 Å². The summed E-state index contributed by atoms with van der Waals surface area (Å²) >= 11 is 0. The van der Waals surface area contributed by atoms with Gasteiger partial charge in [0.1, 0.15) is 5.82 Å². The van der Waals surface area contributed by atoms with Crippen LogP contribution in [0.15, 0.2) is 24.3 Å². The summed E-state index contributed by atoms with van der Waals surface area (Å²) in [6.07, 6.45) is 7.57. The van der Waals surface area contributed by atoms with Crippen LogP contribution in [-0.2, 0) is 13.0 Å². The number of aryl methyl sites for hydroxylation is 1. The molecule has 1 aliphatic heterocycles. The van der Waals surface area contributed by atoms with Gasteiger partial charge in [-0.1, -0.05) is 43.5 Å². The number of rotatable bonds is 3. The lowest BCUT2D eigenvalue weighted by Crippen LogP contribution is -2.32. The van der Waals surface area contributed by atoms with E-state index in [2.05, 4.69) is 48.3 Å². The van der Waals surface area contributed by atoms with Crippen molar-refractivity contribution in [2.75, 3.05) is 16.8 Å². The molecule has 0 amide bonds. The third kappa shape index (κ3) is 3.96. The van der Waals surface area contributed by atoms with E-state index < -0.39 is 0 Å². The second kappa shape index (κ2) is 8.26. The van der Waals surface area contributed by atoms with Crippen LogP contribution in [-0.4, -0.2) is 22.6 Å². The molecule has 2 aliphatic rings. The minimum atomic E-state index is 0. The molecule has 26 heavy (non-hydrogen) atoms. The maximum atomic E-state index is 4.93. The molecule has 2 heterocycles. The molecule has 1 fully saturated rings.